The van der Waals surface area contributed by atoms with Gasteiger partial charge in [0, 0.05) is 4.57 Å². The Balaban J connectivity index is 0.00000178. The Hall–Kier alpha value is -1.35. The molecule has 0 spiro atoms. The first-order valence-electron chi connectivity index (χ1n) is 10.3. The Morgan fingerprint density at radius 1 is 0.931 bits per heavy atom. The molecule has 0 fully saturated rings. The quantitative estimate of drug-likeness (QED) is 0.391. The average Bonchev–Trinajstić information content (AvgIpc) is 2.56. The molecule has 0 saturated carbocycles. The highest BCUT2D eigenvalue weighted by Crippen LogP contribution is 2.31. The minimum atomic E-state index is -2.83. The Bertz CT molecular complexity index is 685. The maximum absolute atomic E-state index is 12.3. The van der Waals surface area contributed by atoms with Crippen LogP contribution in [0.5, 0.6) is 0 Å². The van der Waals surface area contributed by atoms with Gasteiger partial charge in [0.2, 0.25) is 0 Å². The van der Waals surface area contributed by atoms with Crippen molar-refractivity contribution < 1.29 is 18.8 Å². The van der Waals surface area contributed by atoms with Crippen LogP contribution in [0.15, 0.2) is 24.3 Å². The number of carbonyl (C=O) groups is 1. The summed E-state index contributed by atoms with van der Waals surface area (Å²) in [6, 6.07) is 6.35. The van der Waals surface area contributed by atoms with Gasteiger partial charge in [-0.25, -0.2) is 0 Å². The molecule has 1 aromatic carbocycles. The van der Waals surface area contributed by atoms with E-state index in [1.807, 2.05) is 0 Å². The summed E-state index contributed by atoms with van der Waals surface area (Å²) in [6.07, 6.45) is 5.79. The Labute approximate surface area is 178 Å². The van der Waals surface area contributed by atoms with Crippen molar-refractivity contribution in [1.82, 2.24) is 0 Å². The Morgan fingerprint density at radius 2 is 1.34 bits per heavy atom. The zero-order valence-electron chi connectivity index (χ0n) is 19.9. The van der Waals surface area contributed by atoms with Crippen molar-refractivity contribution in [2.45, 2.75) is 98.5 Å². The molecule has 1 N–H and O–H groups in total. The van der Waals surface area contributed by atoms with E-state index in [0.29, 0.717) is 0 Å². The number of ketones is 1. The van der Waals surface area contributed by atoms with Gasteiger partial charge in [-0.15, -0.1) is 9.42 Å². The van der Waals surface area contributed by atoms with E-state index in [-0.39, 0.29) is 16.6 Å². The van der Waals surface area contributed by atoms with Crippen LogP contribution in [0, 0.1) is 0 Å². The standard InChI is InChI=1S/C20H29O4P.C4H10/c1-18(2,3)15-11-14(12-16(13-15)19(4,5)6)9-10-17(21)20(7,8)24-25(22)23;1-3-4-2/h9-13H,1-8H3;3-4H2,1-2H3/p+1/b10-9+;. The van der Waals surface area contributed by atoms with Gasteiger partial charge in [-0.1, -0.05) is 92.5 Å². The van der Waals surface area contributed by atoms with Crippen LogP contribution < -0.4 is 0 Å². The highest BCUT2D eigenvalue weighted by Gasteiger charge is 2.36. The lowest BCUT2D eigenvalue weighted by Gasteiger charge is -2.25. The van der Waals surface area contributed by atoms with E-state index in [4.69, 9.17) is 9.42 Å². The van der Waals surface area contributed by atoms with E-state index in [0.717, 1.165) is 5.56 Å². The van der Waals surface area contributed by atoms with Crippen LogP contribution >= 0.6 is 8.25 Å². The average molecular weight is 424 g/mol. The number of unbranched alkanes of at least 4 members (excludes halogenated alkanes) is 1. The van der Waals surface area contributed by atoms with Gasteiger partial charge >= 0.3 is 8.25 Å². The van der Waals surface area contributed by atoms with Crippen LogP contribution in [0.2, 0.25) is 0 Å². The summed E-state index contributed by atoms with van der Waals surface area (Å²) in [5.41, 5.74) is 1.96. The molecule has 164 valence electrons. The van der Waals surface area contributed by atoms with Gasteiger partial charge in [0.25, 0.3) is 0 Å². The molecule has 0 bridgehead atoms. The van der Waals surface area contributed by atoms with Crippen LogP contribution in [-0.2, 0) is 24.7 Å². The second-order valence-electron chi connectivity index (χ2n) is 9.88. The van der Waals surface area contributed by atoms with Gasteiger partial charge in [-0.05, 0) is 47.4 Å². The summed E-state index contributed by atoms with van der Waals surface area (Å²) in [7, 11) is -2.83. The molecular weight excluding hydrogens is 383 g/mol. The monoisotopic (exact) mass is 423 g/mol. The second-order valence-corrected chi connectivity index (χ2v) is 10.5. The Kier molecular flexibility index (Phi) is 10.6. The molecule has 29 heavy (non-hydrogen) atoms. The van der Waals surface area contributed by atoms with Gasteiger partial charge < -0.3 is 0 Å². The molecule has 5 heteroatoms. The maximum atomic E-state index is 12.3. The lowest BCUT2D eigenvalue weighted by atomic mass is 9.79. The zero-order chi connectivity index (χ0) is 23.0. The van der Waals surface area contributed by atoms with Gasteiger partial charge in [-0.3, -0.25) is 4.79 Å². The summed E-state index contributed by atoms with van der Waals surface area (Å²) in [5.74, 6) is -0.358. The number of hydrogen-bond donors (Lipinski definition) is 1. The number of carbonyl (C=O) groups excluding carboxylic acids is 1. The van der Waals surface area contributed by atoms with Crippen molar-refractivity contribution >= 4 is 20.1 Å². The molecule has 4 nitrogen and oxygen atoms in total. The van der Waals surface area contributed by atoms with Crippen molar-refractivity contribution in [3.8, 4) is 0 Å². The zero-order valence-corrected chi connectivity index (χ0v) is 20.8. The molecule has 0 aromatic heterocycles. The fraction of sp³-hybridized carbons (Fsp3) is 0.625. The molecule has 0 heterocycles. The number of benzene rings is 1. The molecule has 0 saturated heterocycles. The molecule has 1 unspecified atom stereocenters. The lowest BCUT2D eigenvalue weighted by Crippen LogP contribution is -2.31. The van der Waals surface area contributed by atoms with Crippen molar-refractivity contribution in [3.05, 3.63) is 41.0 Å². The minimum absolute atomic E-state index is 0.00841. The SMILES string of the molecule is CC(C)(O[P+](=O)O)C(=O)/C=C/c1cc(C(C)(C)C)cc(C(C)(C)C)c1.CCCC. The summed E-state index contributed by atoms with van der Waals surface area (Å²) in [5, 5.41) is 0. The van der Waals surface area contributed by atoms with E-state index in [2.05, 4.69) is 73.6 Å². The molecular formula is C24H40O4P+. The van der Waals surface area contributed by atoms with E-state index in [1.54, 1.807) is 6.08 Å². The third-order valence-corrected chi connectivity index (χ3v) is 5.13. The highest BCUT2D eigenvalue weighted by molar-refractivity contribution is 7.32. The predicted octanol–water partition coefficient (Wildman–Crippen LogP) is 7.12. The van der Waals surface area contributed by atoms with E-state index in [1.165, 1.54) is 43.9 Å². The molecule has 0 aliphatic heterocycles. The van der Waals surface area contributed by atoms with Gasteiger partial charge in [0.05, 0.1) is 0 Å². The van der Waals surface area contributed by atoms with E-state index in [9.17, 15) is 9.36 Å². The van der Waals surface area contributed by atoms with Crippen LogP contribution in [0.1, 0.15) is 98.8 Å². The third-order valence-electron chi connectivity index (χ3n) is 4.51. The number of hydrogen-bond acceptors (Lipinski definition) is 3. The highest BCUT2D eigenvalue weighted by atomic mass is 31.1. The van der Waals surface area contributed by atoms with Gasteiger partial charge in [0.15, 0.2) is 11.4 Å². The summed E-state index contributed by atoms with van der Waals surface area (Å²) in [6.45, 7) is 20.3. The number of rotatable bonds is 6. The molecule has 0 radical (unpaired) electrons. The molecule has 1 atom stereocenters. The smallest absolute Gasteiger partial charge is 0.291 e. The molecule has 0 aliphatic rings. The first-order chi connectivity index (χ1) is 13.0. The van der Waals surface area contributed by atoms with Gasteiger partial charge in [-0.2, -0.15) is 0 Å². The summed E-state index contributed by atoms with van der Waals surface area (Å²) >= 11 is 0. The Morgan fingerprint density at radius 3 is 1.66 bits per heavy atom. The lowest BCUT2D eigenvalue weighted by molar-refractivity contribution is -0.126. The third kappa shape index (κ3) is 10.3. The van der Waals surface area contributed by atoms with Crippen molar-refractivity contribution in [1.29, 1.82) is 0 Å². The van der Waals surface area contributed by atoms with E-state index < -0.39 is 13.9 Å². The molecule has 1 aromatic rings. The maximum Gasteiger partial charge on any atom is 0.695 e. The van der Waals surface area contributed by atoms with Crippen LogP contribution in [0.25, 0.3) is 6.08 Å². The van der Waals surface area contributed by atoms with Crippen LogP contribution in [0.4, 0.5) is 0 Å². The minimum Gasteiger partial charge on any atom is -0.291 e. The molecule has 0 amide bonds. The first-order valence-corrected chi connectivity index (χ1v) is 11.4. The van der Waals surface area contributed by atoms with Crippen molar-refractivity contribution in [2.75, 3.05) is 0 Å². The topological polar surface area (TPSA) is 63.6 Å². The summed E-state index contributed by atoms with van der Waals surface area (Å²) < 4.78 is 15.7. The van der Waals surface area contributed by atoms with Crippen LogP contribution in [0.3, 0.4) is 0 Å². The van der Waals surface area contributed by atoms with E-state index >= 15 is 0 Å². The normalized spacial score (nSPS) is 13.1. The molecule has 0 aliphatic carbocycles. The predicted molar refractivity (Wildman–Crippen MR) is 123 cm³/mol. The second kappa shape index (κ2) is 11.2. The summed E-state index contributed by atoms with van der Waals surface area (Å²) in [4.78, 5) is 21.2. The first kappa shape index (κ1) is 27.6. The molecule has 1 rings (SSSR count). The largest absolute Gasteiger partial charge is 0.695 e. The van der Waals surface area contributed by atoms with Crippen molar-refractivity contribution in [3.63, 3.8) is 0 Å². The van der Waals surface area contributed by atoms with Gasteiger partial charge in [0.1, 0.15) is 0 Å². The fourth-order valence-corrected chi connectivity index (χ4v) is 2.71. The van der Waals surface area contributed by atoms with Crippen molar-refractivity contribution in [2.24, 2.45) is 0 Å². The fourth-order valence-electron chi connectivity index (χ4n) is 2.23. The van der Waals surface area contributed by atoms with Crippen LogP contribution in [-0.4, -0.2) is 16.3 Å².